The highest BCUT2D eigenvalue weighted by molar-refractivity contribution is 6.02. The Kier molecular flexibility index (Phi) is 4.51. The van der Waals surface area contributed by atoms with Crippen molar-refractivity contribution in [3.63, 3.8) is 0 Å². The quantitative estimate of drug-likeness (QED) is 0.914. The molecule has 4 rings (SSSR count). The zero-order valence-electron chi connectivity index (χ0n) is 15.1. The number of carbonyl (C=O) groups is 1. The van der Waals surface area contributed by atoms with Crippen LogP contribution in [0.2, 0.25) is 0 Å². The molecule has 1 aromatic heterocycles. The summed E-state index contributed by atoms with van der Waals surface area (Å²) in [5.74, 6) is 1.72. The number of pyridine rings is 1. The standard InChI is InChI=1S/C20H23N3O3/c1-13-9-16(25-2)3-4-17(13)22-19-11-18-14(12-21-19)10-20(24)23(18)15-5-7-26-8-6-15/h3-4,9,11-12,15H,5-8,10H2,1-2H3,(H,21,22). The number of nitrogens with zero attached hydrogens (tertiary/aromatic N) is 2. The van der Waals surface area contributed by atoms with Crippen molar-refractivity contribution >= 4 is 23.1 Å². The van der Waals surface area contributed by atoms with E-state index < -0.39 is 0 Å². The summed E-state index contributed by atoms with van der Waals surface area (Å²) in [6.45, 7) is 3.45. The van der Waals surface area contributed by atoms with Crippen LogP contribution in [0.4, 0.5) is 17.2 Å². The second-order valence-electron chi connectivity index (χ2n) is 6.79. The Bertz CT molecular complexity index is 831. The van der Waals surface area contributed by atoms with E-state index >= 15 is 0 Å². The third kappa shape index (κ3) is 3.12. The van der Waals surface area contributed by atoms with Crippen LogP contribution in [-0.2, 0) is 16.0 Å². The van der Waals surface area contributed by atoms with E-state index in [4.69, 9.17) is 9.47 Å². The summed E-state index contributed by atoms with van der Waals surface area (Å²) in [5.41, 5.74) is 4.02. The van der Waals surface area contributed by atoms with Gasteiger partial charge in [-0.15, -0.1) is 0 Å². The highest BCUT2D eigenvalue weighted by Gasteiger charge is 2.34. The zero-order valence-corrected chi connectivity index (χ0v) is 15.1. The molecule has 3 heterocycles. The Labute approximate surface area is 153 Å². The van der Waals surface area contributed by atoms with E-state index in [1.54, 1.807) is 7.11 Å². The molecule has 0 radical (unpaired) electrons. The summed E-state index contributed by atoms with van der Waals surface area (Å²) in [7, 11) is 1.66. The van der Waals surface area contributed by atoms with Crippen molar-refractivity contribution in [3.8, 4) is 5.75 Å². The Hall–Kier alpha value is -2.60. The van der Waals surface area contributed by atoms with Crippen LogP contribution in [0.15, 0.2) is 30.5 Å². The monoisotopic (exact) mass is 353 g/mol. The number of rotatable bonds is 4. The molecule has 1 N–H and O–H groups in total. The summed E-state index contributed by atoms with van der Waals surface area (Å²) in [6.07, 6.45) is 4.01. The van der Waals surface area contributed by atoms with Crippen molar-refractivity contribution in [2.45, 2.75) is 32.2 Å². The Morgan fingerprint density at radius 1 is 1.27 bits per heavy atom. The van der Waals surface area contributed by atoms with Crippen LogP contribution in [-0.4, -0.2) is 37.3 Å². The lowest BCUT2D eigenvalue weighted by Gasteiger charge is -2.31. The van der Waals surface area contributed by atoms with Crippen molar-refractivity contribution in [3.05, 3.63) is 41.6 Å². The second-order valence-corrected chi connectivity index (χ2v) is 6.79. The van der Waals surface area contributed by atoms with E-state index in [-0.39, 0.29) is 11.9 Å². The molecule has 6 heteroatoms. The normalized spacial score (nSPS) is 17.3. The van der Waals surface area contributed by atoms with Gasteiger partial charge in [0.2, 0.25) is 5.91 Å². The summed E-state index contributed by atoms with van der Waals surface area (Å²) in [4.78, 5) is 19.0. The molecule has 0 spiro atoms. The molecule has 1 amide bonds. The van der Waals surface area contributed by atoms with Gasteiger partial charge in [-0.25, -0.2) is 4.98 Å². The van der Waals surface area contributed by atoms with Crippen molar-refractivity contribution < 1.29 is 14.3 Å². The Balaban J connectivity index is 1.60. The number of ether oxygens (including phenoxy) is 2. The first-order valence-corrected chi connectivity index (χ1v) is 8.96. The SMILES string of the molecule is COc1ccc(Nc2cc3c(cn2)CC(=O)N3C2CCOCC2)c(C)c1. The number of benzene rings is 1. The highest BCUT2D eigenvalue weighted by Crippen LogP contribution is 2.35. The van der Waals surface area contributed by atoms with Gasteiger partial charge in [0.25, 0.3) is 0 Å². The molecule has 26 heavy (non-hydrogen) atoms. The topological polar surface area (TPSA) is 63.7 Å². The van der Waals surface area contributed by atoms with Gasteiger partial charge in [0.15, 0.2) is 0 Å². The molecule has 0 atom stereocenters. The molecule has 2 aromatic rings. The van der Waals surface area contributed by atoms with E-state index in [0.717, 1.165) is 46.9 Å². The van der Waals surface area contributed by atoms with E-state index in [2.05, 4.69) is 10.3 Å². The molecule has 2 aliphatic rings. The molecule has 1 fully saturated rings. The fourth-order valence-corrected chi connectivity index (χ4v) is 3.67. The van der Waals surface area contributed by atoms with Crippen molar-refractivity contribution in [2.24, 2.45) is 0 Å². The van der Waals surface area contributed by atoms with E-state index in [1.165, 1.54) is 0 Å². The molecule has 1 aromatic carbocycles. The molecular formula is C20H23N3O3. The van der Waals surface area contributed by atoms with Crippen LogP contribution < -0.4 is 15.0 Å². The minimum atomic E-state index is 0.159. The van der Waals surface area contributed by atoms with Crippen LogP contribution in [0, 0.1) is 6.92 Å². The predicted molar refractivity (Wildman–Crippen MR) is 100 cm³/mol. The first kappa shape index (κ1) is 16.8. The minimum Gasteiger partial charge on any atom is -0.497 e. The Morgan fingerprint density at radius 2 is 2.08 bits per heavy atom. The van der Waals surface area contributed by atoms with Crippen molar-refractivity contribution in [1.29, 1.82) is 0 Å². The van der Waals surface area contributed by atoms with Gasteiger partial charge in [0.05, 0.1) is 19.2 Å². The maximum absolute atomic E-state index is 12.5. The lowest BCUT2D eigenvalue weighted by Crippen LogP contribution is -2.41. The third-order valence-electron chi connectivity index (χ3n) is 5.08. The molecule has 2 aliphatic heterocycles. The first-order valence-electron chi connectivity index (χ1n) is 8.96. The number of methoxy groups -OCH3 is 1. The summed E-state index contributed by atoms with van der Waals surface area (Å²) >= 11 is 0. The van der Waals surface area contributed by atoms with Crippen LogP contribution >= 0.6 is 0 Å². The lowest BCUT2D eigenvalue weighted by atomic mass is 10.1. The fourth-order valence-electron chi connectivity index (χ4n) is 3.67. The third-order valence-corrected chi connectivity index (χ3v) is 5.08. The number of anilines is 3. The fraction of sp³-hybridized carbons (Fsp3) is 0.400. The smallest absolute Gasteiger partial charge is 0.231 e. The van der Waals surface area contributed by atoms with Crippen molar-refractivity contribution in [2.75, 3.05) is 30.5 Å². The van der Waals surface area contributed by atoms with Gasteiger partial charge in [-0.2, -0.15) is 0 Å². The number of aromatic nitrogens is 1. The van der Waals surface area contributed by atoms with Crippen molar-refractivity contribution in [1.82, 2.24) is 4.98 Å². The van der Waals surface area contributed by atoms with Gasteiger partial charge >= 0.3 is 0 Å². The van der Waals surface area contributed by atoms with E-state index in [1.807, 2.05) is 42.3 Å². The van der Waals surface area contributed by atoms with E-state index in [9.17, 15) is 4.79 Å². The number of nitrogens with one attached hydrogen (secondary N) is 1. The average Bonchev–Trinajstić information content (AvgIpc) is 2.99. The number of aryl methyl sites for hydroxylation is 1. The summed E-state index contributed by atoms with van der Waals surface area (Å²) in [6, 6.07) is 8.08. The van der Waals surface area contributed by atoms with Crippen LogP contribution in [0.3, 0.4) is 0 Å². The van der Waals surface area contributed by atoms with Gasteiger partial charge in [-0.1, -0.05) is 0 Å². The number of carbonyl (C=O) groups excluding carboxylic acids is 1. The van der Waals surface area contributed by atoms with Gasteiger partial charge < -0.3 is 19.7 Å². The first-order chi connectivity index (χ1) is 12.7. The maximum atomic E-state index is 12.5. The highest BCUT2D eigenvalue weighted by atomic mass is 16.5. The maximum Gasteiger partial charge on any atom is 0.231 e. The van der Waals surface area contributed by atoms with Gasteiger partial charge in [-0.05, 0) is 43.5 Å². The van der Waals surface area contributed by atoms with Gasteiger partial charge in [-0.3, -0.25) is 4.79 Å². The van der Waals surface area contributed by atoms with E-state index in [0.29, 0.717) is 19.6 Å². The number of hydrogen-bond acceptors (Lipinski definition) is 5. The van der Waals surface area contributed by atoms with Crippen LogP contribution in [0.5, 0.6) is 5.75 Å². The molecular weight excluding hydrogens is 330 g/mol. The lowest BCUT2D eigenvalue weighted by molar-refractivity contribution is -0.118. The molecule has 0 bridgehead atoms. The predicted octanol–water partition coefficient (Wildman–Crippen LogP) is 3.21. The van der Waals surface area contributed by atoms with Crippen LogP contribution in [0.25, 0.3) is 0 Å². The summed E-state index contributed by atoms with van der Waals surface area (Å²) in [5, 5.41) is 3.36. The second kappa shape index (κ2) is 6.96. The molecule has 6 nitrogen and oxygen atoms in total. The largest absolute Gasteiger partial charge is 0.497 e. The molecule has 0 saturated carbocycles. The molecule has 0 unspecified atom stereocenters. The Morgan fingerprint density at radius 3 is 2.81 bits per heavy atom. The molecule has 136 valence electrons. The molecule has 1 saturated heterocycles. The van der Waals surface area contributed by atoms with Crippen LogP contribution in [0.1, 0.15) is 24.0 Å². The average molecular weight is 353 g/mol. The summed E-state index contributed by atoms with van der Waals surface area (Å²) < 4.78 is 10.7. The number of fused-ring (bicyclic) bond motifs is 1. The van der Waals surface area contributed by atoms with Gasteiger partial charge in [0, 0.05) is 42.8 Å². The van der Waals surface area contributed by atoms with Gasteiger partial charge in [0.1, 0.15) is 11.6 Å². The number of amides is 1. The molecule has 0 aliphatic carbocycles. The number of hydrogen-bond donors (Lipinski definition) is 1. The zero-order chi connectivity index (χ0) is 18.1. The minimum absolute atomic E-state index is 0.159.